The lowest BCUT2D eigenvalue weighted by Crippen LogP contribution is -2.26. The van der Waals surface area contributed by atoms with Crippen molar-refractivity contribution >= 4 is 21.7 Å². The zero-order valence-corrected chi connectivity index (χ0v) is 12.4. The van der Waals surface area contributed by atoms with Gasteiger partial charge in [0.1, 0.15) is 11.6 Å². The number of hydrogen-bond acceptors (Lipinski definition) is 4. The first-order valence-electron chi connectivity index (χ1n) is 6.15. The van der Waals surface area contributed by atoms with Crippen LogP contribution in [0.15, 0.2) is 4.47 Å². The van der Waals surface area contributed by atoms with Crippen LogP contribution in [-0.2, 0) is 12.8 Å². The Morgan fingerprint density at radius 3 is 2.35 bits per heavy atom. The summed E-state index contributed by atoms with van der Waals surface area (Å²) < 4.78 is 0.839. The number of nitrogen functional groups attached to an aromatic ring is 1. The van der Waals surface area contributed by atoms with Crippen molar-refractivity contribution < 1.29 is 0 Å². The molecule has 1 aromatic heterocycles. The van der Waals surface area contributed by atoms with Gasteiger partial charge in [-0.3, -0.25) is 0 Å². The smallest absolute Gasteiger partial charge is 0.141 e. The molecule has 0 amide bonds. The highest BCUT2D eigenvalue weighted by Gasteiger charge is 2.09. The van der Waals surface area contributed by atoms with Gasteiger partial charge in [-0.15, -0.1) is 0 Å². The average molecular weight is 301 g/mol. The predicted octanol–water partition coefficient (Wildman–Crippen LogP) is 2.27. The standard InChI is InChI=1S/C12H21BrN4/c1-4-9-11(13)12(14)16-10(15-9)7-8-17(5-2)6-3/h4-8H2,1-3H3,(H2,14,15,16). The molecule has 0 aromatic carbocycles. The number of rotatable bonds is 6. The minimum Gasteiger partial charge on any atom is -0.383 e. The monoisotopic (exact) mass is 300 g/mol. The quantitative estimate of drug-likeness (QED) is 0.876. The maximum absolute atomic E-state index is 5.86. The number of nitrogens with zero attached hydrogens (tertiary/aromatic N) is 3. The number of aromatic nitrogens is 2. The maximum Gasteiger partial charge on any atom is 0.141 e. The molecule has 5 heteroatoms. The van der Waals surface area contributed by atoms with Gasteiger partial charge in [-0.2, -0.15) is 0 Å². The largest absolute Gasteiger partial charge is 0.383 e. The van der Waals surface area contributed by atoms with Crippen molar-refractivity contribution in [2.75, 3.05) is 25.4 Å². The third-order valence-electron chi connectivity index (χ3n) is 2.87. The third kappa shape index (κ3) is 3.92. The van der Waals surface area contributed by atoms with Crippen LogP contribution in [0.2, 0.25) is 0 Å². The Morgan fingerprint density at radius 1 is 1.18 bits per heavy atom. The molecule has 0 fully saturated rings. The first kappa shape index (κ1) is 14.4. The summed E-state index contributed by atoms with van der Waals surface area (Å²) in [6.07, 6.45) is 1.72. The Bertz CT molecular complexity index is 364. The fraction of sp³-hybridized carbons (Fsp3) is 0.667. The van der Waals surface area contributed by atoms with Crippen LogP contribution in [0.3, 0.4) is 0 Å². The van der Waals surface area contributed by atoms with E-state index in [0.29, 0.717) is 5.82 Å². The number of anilines is 1. The van der Waals surface area contributed by atoms with Gasteiger partial charge in [0.25, 0.3) is 0 Å². The summed E-state index contributed by atoms with van der Waals surface area (Å²) in [5, 5.41) is 0. The van der Waals surface area contributed by atoms with E-state index in [9.17, 15) is 0 Å². The summed E-state index contributed by atoms with van der Waals surface area (Å²) in [5.74, 6) is 1.39. The molecule has 96 valence electrons. The van der Waals surface area contributed by atoms with Crippen molar-refractivity contribution in [2.24, 2.45) is 0 Å². The van der Waals surface area contributed by atoms with Gasteiger partial charge in [-0.1, -0.05) is 20.8 Å². The van der Waals surface area contributed by atoms with E-state index in [1.807, 2.05) is 0 Å². The Labute approximate surface area is 112 Å². The van der Waals surface area contributed by atoms with Gasteiger partial charge in [0.05, 0.1) is 10.2 Å². The molecular weight excluding hydrogens is 280 g/mol. The van der Waals surface area contributed by atoms with Gasteiger partial charge in [0, 0.05) is 13.0 Å². The summed E-state index contributed by atoms with van der Waals surface area (Å²) >= 11 is 3.42. The molecule has 0 unspecified atom stereocenters. The van der Waals surface area contributed by atoms with Crippen LogP contribution >= 0.6 is 15.9 Å². The van der Waals surface area contributed by atoms with Crippen LogP contribution in [0.5, 0.6) is 0 Å². The van der Waals surface area contributed by atoms with Crippen LogP contribution < -0.4 is 5.73 Å². The van der Waals surface area contributed by atoms with Crippen molar-refractivity contribution in [2.45, 2.75) is 33.6 Å². The summed E-state index contributed by atoms with van der Waals surface area (Å²) in [6, 6.07) is 0. The lowest BCUT2D eigenvalue weighted by Gasteiger charge is -2.17. The van der Waals surface area contributed by atoms with E-state index < -0.39 is 0 Å². The van der Waals surface area contributed by atoms with Crippen LogP contribution in [0.25, 0.3) is 0 Å². The van der Waals surface area contributed by atoms with E-state index >= 15 is 0 Å². The molecule has 0 aliphatic rings. The first-order chi connectivity index (χ1) is 8.12. The average Bonchev–Trinajstić information content (AvgIpc) is 2.34. The van der Waals surface area contributed by atoms with Crippen LogP contribution in [-0.4, -0.2) is 34.5 Å². The SMILES string of the molecule is CCc1nc(CCN(CC)CC)nc(N)c1Br. The fourth-order valence-electron chi connectivity index (χ4n) is 1.71. The summed E-state index contributed by atoms with van der Waals surface area (Å²) in [6.45, 7) is 9.50. The molecule has 0 spiro atoms. The van der Waals surface area contributed by atoms with Crippen molar-refractivity contribution in [1.29, 1.82) is 0 Å². The summed E-state index contributed by atoms with van der Waals surface area (Å²) in [5.41, 5.74) is 6.85. The number of likely N-dealkylation sites (N-methyl/N-ethyl adjacent to an activating group) is 1. The summed E-state index contributed by atoms with van der Waals surface area (Å²) in [7, 11) is 0. The van der Waals surface area contributed by atoms with Crippen LogP contribution in [0, 0.1) is 0 Å². The minimum absolute atomic E-state index is 0.548. The molecule has 0 atom stereocenters. The molecular formula is C12H21BrN4. The van der Waals surface area contributed by atoms with Gasteiger partial charge in [-0.05, 0) is 35.4 Å². The Balaban J connectivity index is 2.75. The lowest BCUT2D eigenvalue weighted by atomic mass is 10.3. The number of hydrogen-bond donors (Lipinski definition) is 1. The molecule has 0 radical (unpaired) electrons. The Hall–Kier alpha value is -0.680. The van der Waals surface area contributed by atoms with Crippen LogP contribution in [0.4, 0.5) is 5.82 Å². The number of nitrogens with two attached hydrogens (primary N) is 1. The van der Waals surface area contributed by atoms with Gasteiger partial charge in [-0.25, -0.2) is 9.97 Å². The topological polar surface area (TPSA) is 55.0 Å². The van der Waals surface area contributed by atoms with Crippen molar-refractivity contribution in [3.8, 4) is 0 Å². The lowest BCUT2D eigenvalue weighted by molar-refractivity contribution is 0.305. The van der Waals surface area contributed by atoms with Gasteiger partial charge in [0.15, 0.2) is 0 Å². The van der Waals surface area contributed by atoms with Crippen LogP contribution in [0.1, 0.15) is 32.3 Å². The van der Waals surface area contributed by atoms with Crippen molar-refractivity contribution in [3.05, 3.63) is 16.0 Å². The fourth-order valence-corrected chi connectivity index (χ4v) is 2.17. The molecule has 2 N–H and O–H groups in total. The highest BCUT2D eigenvalue weighted by Crippen LogP contribution is 2.21. The van der Waals surface area contributed by atoms with Gasteiger partial charge >= 0.3 is 0 Å². The molecule has 0 saturated carbocycles. The van der Waals surface area contributed by atoms with Crippen molar-refractivity contribution in [1.82, 2.24) is 14.9 Å². The molecule has 0 aliphatic carbocycles. The van der Waals surface area contributed by atoms with E-state index in [1.165, 1.54) is 0 Å². The second kappa shape index (κ2) is 6.91. The molecule has 1 heterocycles. The van der Waals surface area contributed by atoms with E-state index in [-0.39, 0.29) is 0 Å². The number of halogens is 1. The molecule has 1 rings (SSSR count). The second-order valence-corrected chi connectivity index (χ2v) is 4.71. The molecule has 0 aliphatic heterocycles. The second-order valence-electron chi connectivity index (χ2n) is 3.92. The third-order valence-corrected chi connectivity index (χ3v) is 3.74. The molecule has 4 nitrogen and oxygen atoms in total. The van der Waals surface area contributed by atoms with Gasteiger partial charge in [0.2, 0.25) is 0 Å². The molecule has 17 heavy (non-hydrogen) atoms. The zero-order valence-electron chi connectivity index (χ0n) is 10.8. The summed E-state index contributed by atoms with van der Waals surface area (Å²) in [4.78, 5) is 11.2. The van der Waals surface area contributed by atoms with E-state index in [0.717, 1.165) is 48.5 Å². The van der Waals surface area contributed by atoms with Gasteiger partial charge < -0.3 is 10.6 Å². The Morgan fingerprint density at radius 2 is 1.82 bits per heavy atom. The van der Waals surface area contributed by atoms with E-state index in [2.05, 4.69) is 51.6 Å². The Kier molecular flexibility index (Phi) is 5.85. The maximum atomic E-state index is 5.86. The predicted molar refractivity (Wildman–Crippen MR) is 75.0 cm³/mol. The molecule has 0 bridgehead atoms. The van der Waals surface area contributed by atoms with E-state index in [1.54, 1.807) is 0 Å². The first-order valence-corrected chi connectivity index (χ1v) is 6.94. The highest BCUT2D eigenvalue weighted by atomic mass is 79.9. The number of aryl methyl sites for hydroxylation is 1. The highest BCUT2D eigenvalue weighted by molar-refractivity contribution is 9.10. The molecule has 0 saturated heterocycles. The van der Waals surface area contributed by atoms with Crippen molar-refractivity contribution in [3.63, 3.8) is 0 Å². The minimum atomic E-state index is 0.548. The van der Waals surface area contributed by atoms with E-state index in [4.69, 9.17) is 5.73 Å². The molecule has 1 aromatic rings. The zero-order chi connectivity index (χ0) is 12.8. The normalized spacial score (nSPS) is 11.1.